The average molecular weight is 384 g/mol. The van der Waals surface area contributed by atoms with Crippen molar-refractivity contribution in [3.05, 3.63) is 52.5 Å². The van der Waals surface area contributed by atoms with Crippen LogP contribution in [0, 0.1) is 0 Å². The summed E-state index contributed by atoms with van der Waals surface area (Å²) in [6.07, 6.45) is 0. The third-order valence-corrected chi connectivity index (χ3v) is 5.47. The third kappa shape index (κ3) is 3.83. The molecule has 1 aliphatic rings. The first-order valence-corrected chi connectivity index (χ1v) is 9.59. The van der Waals surface area contributed by atoms with E-state index in [4.69, 9.17) is 4.74 Å². The highest BCUT2D eigenvalue weighted by Gasteiger charge is 2.24. The zero-order chi connectivity index (χ0) is 18.6. The molecular weight excluding hydrogens is 364 g/mol. The first-order valence-electron chi connectivity index (χ1n) is 8.71. The Morgan fingerprint density at radius 3 is 2.59 bits per heavy atom. The Bertz CT molecular complexity index is 885. The lowest BCUT2D eigenvalue weighted by Crippen LogP contribution is -2.48. The maximum Gasteiger partial charge on any atom is 0.264 e. The smallest absolute Gasteiger partial charge is 0.264 e. The molecule has 8 nitrogen and oxygen atoms in total. The van der Waals surface area contributed by atoms with Crippen molar-refractivity contribution in [1.29, 1.82) is 0 Å². The van der Waals surface area contributed by atoms with Crippen LogP contribution in [0.3, 0.4) is 0 Å². The highest BCUT2D eigenvalue weighted by molar-refractivity contribution is 7.12. The summed E-state index contributed by atoms with van der Waals surface area (Å²) in [5.41, 5.74) is 0.891. The SMILES string of the molecule is COc1ccc(-n2nnnc2CN2CCN(C(=O)c3cccs3)CC2)cc1. The van der Waals surface area contributed by atoms with Crippen molar-refractivity contribution in [3.8, 4) is 11.4 Å². The number of rotatable bonds is 5. The van der Waals surface area contributed by atoms with Crippen molar-refractivity contribution in [2.24, 2.45) is 0 Å². The Morgan fingerprint density at radius 1 is 1.15 bits per heavy atom. The summed E-state index contributed by atoms with van der Waals surface area (Å²) < 4.78 is 6.93. The topological polar surface area (TPSA) is 76.4 Å². The minimum Gasteiger partial charge on any atom is -0.497 e. The summed E-state index contributed by atoms with van der Waals surface area (Å²) >= 11 is 1.49. The fourth-order valence-electron chi connectivity index (χ4n) is 3.09. The van der Waals surface area contributed by atoms with Crippen molar-refractivity contribution >= 4 is 17.2 Å². The largest absolute Gasteiger partial charge is 0.497 e. The Morgan fingerprint density at radius 2 is 1.93 bits per heavy atom. The van der Waals surface area contributed by atoms with Gasteiger partial charge in [-0.3, -0.25) is 9.69 Å². The number of carbonyl (C=O) groups excluding carboxylic acids is 1. The van der Waals surface area contributed by atoms with Crippen LogP contribution in [0.2, 0.25) is 0 Å². The molecule has 0 aliphatic carbocycles. The Hall–Kier alpha value is -2.78. The van der Waals surface area contributed by atoms with E-state index in [0.29, 0.717) is 19.6 Å². The van der Waals surface area contributed by atoms with E-state index in [2.05, 4.69) is 20.4 Å². The van der Waals surface area contributed by atoms with Gasteiger partial charge in [0.05, 0.1) is 24.2 Å². The van der Waals surface area contributed by atoms with Crippen LogP contribution in [0.15, 0.2) is 41.8 Å². The third-order valence-electron chi connectivity index (χ3n) is 4.61. The predicted octanol–water partition coefficient (Wildman–Crippen LogP) is 1.69. The minimum absolute atomic E-state index is 0.118. The summed E-state index contributed by atoms with van der Waals surface area (Å²) in [5, 5.41) is 14.0. The lowest BCUT2D eigenvalue weighted by atomic mass is 10.2. The number of carbonyl (C=O) groups is 1. The van der Waals surface area contributed by atoms with Gasteiger partial charge in [-0.1, -0.05) is 6.07 Å². The van der Waals surface area contributed by atoms with Gasteiger partial charge >= 0.3 is 0 Å². The van der Waals surface area contributed by atoms with Crippen molar-refractivity contribution in [2.45, 2.75) is 6.54 Å². The fourth-order valence-corrected chi connectivity index (χ4v) is 3.78. The molecule has 0 radical (unpaired) electrons. The standard InChI is InChI=1S/C18H20N6O2S/c1-26-15-6-4-14(5-7-15)24-17(19-20-21-24)13-22-8-10-23(11-9-22)18(25)16-3-2-12-27-16/h2-7,12H,8-11,13H2,1H3. The molecule has 27 heavy (non-hydrogen) atoms. The monoisotopic (exact) mass is 384 g/mol. The number of ether oxygens (including phenoxy) is 1. The zero-order valence-corrected chi connectivity index (χ0v) is 15.8. The molecule has 1 fully saturated rings. The summed E-state index contributed by atoms with van der Waals surface area (Å²) in [6, 6.07) is 11.4. The van der Waals surface area contributed by atoms with Gasteiger partial charge in [0.25, 0.3) is 5.91 Å². The number of nitrogens with zero attached hydrogens (tertiary/aromatic N) is 6. The van der Waals surface area contributed by atoms with Crippen LogP contribution in [0.1, 0.15) is 15.5 Å². The lowest BCUT2D eigenvalue weighted by molar-refractivity contribution is 0.0629. The van der Waals surface area contributed by atoms with E-state index in [9.17, 15) is 4.79 Å². The number of tetrazole rings is 1. The number of thiophene rings is 1. The van der Waals surface area contributed by atoms with Crippen LogP contribution in [0.25, 0.3) is 5.69 Å². The second-order valence-electron chi connectivity index (χ2n) is 6.25. The number of hydrogen-bond donors (Lipinski definition) is 0. The molecule has 3 heterocycles. The molecule has 4 rings (SSSR count). The summed E-state index contributed by atoms with van der Waals surface area (Å²) in [7, 11) is 1.64. The molecule has 0 bridgehead atoms. The van der Waals surface area contributed by atoms with Gasteiger partial charge in [0.2, 0.25) is 0 Å². The average Bonchev–Trinajstić information content (AvgIpc) is 3.40. The van der Waals surface area contributed by atoms with Gasteiger partial charge in [0.1, 0.15) is 5.75 Å². The molecule has 9 heteroatoms. The van der Waals surface area contributed by atoms with Crippen LogP contribution in [0.5, 0.6) is 5.75 Å². The fraction of sp³-hybridized carbons (Fsp3) is 0.333. The van der Waals surface area contributed by atoms with Crippen molar-refractivity contribution in [2.75, 3.05) is 33.3 Å². The van der Waals surface area contributed by atoms with E-state index >= 15 is 0 Å². The molecule has 2 aromatic heterocycles. The van der Waals surface area contributed by atoms with Gasteiger partial charge in [0.15, 0.2) is 5.82 Å². The number of methoxy groups -OCH3 is 1. The van der Waals surface area contributed by atoms with E-state index in [1.807, 2.05) is 46.7 Å². The molecule has 1 aliphatic heterocycles. The van der Waals surface area contributed by atoms with Gasteiger partial charge in [-0.15, -0.1) is 16.4 Å². The van der Waals surface area contributed by atoms with Gasteiger partial charge in [0, 0.05) is 26.2 Å². The van der Waals surface area contributed by atoms with Crippen molar-refractivity contribution < 1.29 is 9.53 Å². The van der Waals surface area contributed by atoms with Gasteiger partial charge < -0.3 is 9.64 Å². The molecule has 0 unspecified atom stereocenters. The predicted molar refractivity (Wildman–Crippen MR) is 101 cm³/mol. The van der Waals surface area contributed by atoms with E-state index in [1.54, 1.807) is 11.8 Å². The second kappa shape index (κ2) is 7.85. The number of aromatic nitrogens is 4. The van der Waals surface area contributed by atoms with E-state index in [0.717, 1.165) is 35.2 Å². The van der Waals surface area contributed by atoms with Crippen LogP contribution in [-0.2, 0) is 6.54 Å². The molecule has 1 amide bonds. The maximum absolute atomic E-state index is 12.4. The number of amides is 1. The quantitative estimate of drug-likeness (QED) is 0.666. The summed E-state index contributed by atoms with van der Waals surface area (Å²) in [4.78, 5) is 17.4. The van der Waals surface area contributed by atoms with Crippen molar-refractivity contribution in [3.63, 3.8) is 0 Å². The van der Waals surface area contributed by atoms with E-state index < -0.39 is 0 Å². The van der Waals surface area contributed by atoms with E-state index in [1.165, 1.54) is 11.3 Å². The number of piperazine rings is 1. The molecule has 140 valence electrons. The highest BCUT2D eigenvalue weighted by atomic mass is 32.1. The molecule has 1 saturated heterocycles. The van der Waals surface area contributed by atoms with Crippen LogP contribution >= 0.6 is 11.3 Å². The van der Waals surface area contributed by atoms with Crippen LogP contribution < -0.4 is 4.74 Å². The normalized spacial score (nSPS) is 15.1. The maximum atomic E-state index is 12.4. The van der Waals surface area contributed by atoms with Crippen LogP contribution in [-0.4, -0.2) is 69.2 Å². The molecule has 0 spiro atoms. The van der Waals surface area contributed by atoms with E-state index in [-0.39, 0.29) is 5.91 Å². The van der Waals surface area contributed by atoms with Gasteiger partial charge in [-0.25, -0.2) is 0 Å². The first kappa shape index (κ1) is 17.6. The minimum atomic E-state index is 0.118. The van der Waals surface area contributed by atoms with Gasteiger partial charge in [-0.2, -0.15) is 4.68 Å². The summed E-state index contributed by atoms with van der Waals surface area (Å²) in [5.74, 6) is 1.69. The second-order valence-corrected chi connectivity index (χ2v) is 7.20. The van der Waals surface area contributed by atoms with Crippen LogP contribution in [0.4, 0.5) is 0 Å². The lowest BCUT2D eigenvalue weighted by Gasteiger charge is -2.34. The van der Waals surface area contributed by atoms with Gasteiger partial charge in [-0.05, 0) is 46.1 Å². The molecule has 0 saturated carbocycles. The molecule has 1 aromatic carbocycles. The van der Waals surface area contributed by atoms with Crippen molar-refractivity contribution in [1.82, 2.24) is 30.0 Å². The molecule has 3 aromatic rings. The Kier molecular flexibility index (Phi) is 5.12. The zero-order valence-electron chi connectivity index (χ0n) is 15.0. The Labute approximate surface area is 161 Å². The molecule has 0 atom stereocenters. The summed E-state index contributed by atoms with van der Waals surface area (Å²) in [6.45, 7) is 3.65. The number of benzene rings is 1. The Balaban J connectivity index is 1.38. The first-order chi connectivity index (χ1) is 13.2. The highest BCUT2D eigenvalue weighted by Crippen LogP contribution is 2.17. The molecule has 0 N–H and O–H groups in total. The number of hydrogen-bond acceptors (Lipinski definition) is 7. The molecular formula is C18H20N6O2S.